The second-order valence-electron chi connectivity index (χ2n) is 5.03. The minimum Gasteiger partial charge on any atom is -0.310 e. The Morgan fingerprint density at radius 2 is 2.00 bits per heavy atom. The van der Waals surface area contributed by atoms with Crippen LogP contribution < -0.4 is 5.32 Å². The van der Waals surface area contributed by atoms with Gasteiger partial charge in [-0.1, -0.05) is 37.6 Å². The van der Waals surface area contributed by atoms with E-state index in [-0.39, 0.29) is 0 Å². The quantitative estimate of drug-likeness (QED) is 0.903. The number of benzene rings is 1. The number of pyridine rings is 1. The third-order valence-electron chi connectivity index (χ3n) is 3.00. The fraction of sp³-hybridized carbons (Fsp3) is 0.312. The maximum Gasteiger partial charge on any atom is 0.0412 e. The molecule has 0 saturated heterocycles. The van der Waals surface area contributed by atoms with Crippen LogP contribution in [0.5, 0.6) is 0 Å². The minimum absolute atomic E-state index is 0.458. The first-order valence-electron chi connectivity index (χ1n) is 6.51. The van der Waals surface area contributed by atoms with E-state index in [9.17, 15) is 0 Å². The highest BCUT2D eigenvalue weighted by Crippen LogP contribution is 2.26. The van der Waals surface area contributed by atoms with Crippen LogP contribution in [0.2, 0.25) is 5.02 Å². The van der Waals surface area contributed by atoms with Crippen LogP contribution in [0.3, 0.4) is 0 Å². The Bertz CT molecular complexity index is 547. The van der Waals surface area contributed by atoms with Crippen LogP contribution >= 0.6 is 11.6 Å². The highest BCUT2D eigenvalue weighted by atomic mass is 35.5. The molecule has 100 valence electrons. The Hall–Kier alpha value is -1.38. The molecule has 2 nitrogen and oxygen atoms in total. The van der Waals surface area contributed by atoms with Crippen LogP contribution in [0.25, 0.3) is 11.1 Å². The number of rotatable bonds is 4. The standard InChI is InChI=1S/C16H19ClN2/c1-11(2)18-9-14-6-7-15(17)8-16(14)13-5-4-12(3)19-10-13/h4-8,10-11,18H,9H2,1-3H3. The molecule has 0 spiro atoms. The van der Waals surface area contributed by atoms with Crippen molar-refractivity contribution in [3.05, 3.63) is 52.8 Å². The van der Waals surface area contributed by atoms with Crippen LogP contribution in [-0.2, 0) is 6.54 Å². The molecule has 1 heterocycles. The summed E-state index contributed by atoms with van der Waals surface area (Å²) in [6.07, 6.45) is 1.90. The Morgan fingerprint density at radius 3 is 2.63 bits per heavy atom. The monoisotopic (exact) mass is 274 g/mol. The zero-order valence-corrected chi connectivity index (χ0v) is 12.3. The molecule has 19 heavy (non-hydrogen) atoms. The highest BCUT2D eigenvalue weighted by molar-refractivity contribution is 6.30. The second-order valence-corrected chi connectivity index (χ2v) is 5.46. The molecule has 2 rings (SSSR count). The summed E-state index contributed by atoms with van der Waals surface area (Å²) in [6.45, 7) is 7.10. The van der Waals surface area contributed by atoms with Crippen molar-refractivity contribution in [3.8, 4) is 11.1 Å². The summed E-state index contributed by atoms with van der Waals surface area (Å²) in [6, 6.07) is 10.6. The topological polar surface area (TPSA) is 24.9 Å². The average molecular weight is 275 g/mol. The van der Waals surface area contributed by atoms with Crippen molar-refractivity contribution < 1.29 is 0 Å². The van der Waals surface area contributed by atoms with Crippen LogP contribution in [0, 0.1) is 6.92 Å². The third kappa shape index (κ3) is 3.79. The van der Waals surface area contributed by atoms with E-state index in [4.69, 9.17) is 11.6 Å². The molecular weight excluding hydrogens is 256 g/mol. The van der Waals surface area contributed by atoms with Gasteiger partial charge in [-0.3, -0.25) is 4.98 Å². The predicted octanol–water partition coefficient (Wildman–Crippen LogP) is 4.21. The number of nitrogens with one attached hydrogen (secondary N) is 1. The van der Waals surface area contributed by atoms with E-state index in [1.54, 1.807) is 0 Å². The summed E-state index contributed by atoms with van der Waals surface area (Å²) in [7, 11) is 0. The summed E-state index contributed by atoms with van der Waals surface area (Å²) in [5.41, 5.74) is 4.51. The van der Waals surface area contributed by atoms with E-state index in [1.165, 1.54) is 5.56 Å². The van der Waals surface area contributed by atoms with Crippen molar-refractivity contribution >= 4 is 11.6 Å². The van der Waals surface area contributed by atoms with Crippen molar-refractivity contribution in [2.45, 2.75) is 33.4 Å². The van der Waals surface area contributed by atoms with Crippen molar-refractivity contribution in [2.24, 2.45) is 0 Å². The molecule has 0 aliphatic rings. The van der Waals surface area contributed by atoms with Crippen LogP contribution in [0.4, 0.5) is 0 Å². The van der Waals surface area contributed by atoms with E-state index >= 15 is 0 Å². The fourth-order valence-corrected chi connectivity index (χ4v) is 2.08. The van der Waals surface area contributed by atoms with E-state index in [0.29, 0.717) is 6.04 Å². The lowest BCUT2D eigenvalue weighted by Gasteiger charge is -2.13. The summed E-state index contributed by atoms with van der Waals surface area (Å²) in [5, 5.41) is 4.19. The molecule has 1 N–H and O–H groups in total. The molecule has 0 fully saturated rings. The summed E-state index contributed by atoms with van der Waals surface area (Å²) >= 11 is 6.12. The molecular formula is C16H19ClN2. The van der Waals surface area contributed by atoms with Gasteiger partial charge in [-0.25, -0.2) is 0 Å². The van der Waals surface area contributed by atoms with Gasteiger partial charge < -0.3 is 5.32 Å². The normalized spacial score (nSPS) is 11.0. The molecule has 0 unspecified atom stereocenters. The number of nitrogens with zero attached hydrogens (tertiary/aromatic N) is 1. The Morgan fingerprint density at radius 1 is 1.21 bits per heavy atom. The average Bonchev–Trinajstić information content (AvgIpc) is 2.38. The number of halogens is 1. The molecule has 0 aliphatic heterocycles. The molecule has 0 amide bonds. The zero-order valence-electron chi connectivity index (χ0n) is 11.6. The van der Waals surface area contributed by atoms with Gasteiger partial charge in [0.05, 0.1) is 0 Å². The number of hydrogen-bond donors (Lipinski definition) is 1. The fourth-order valence-electron chi connectivity index (χ4n) is 1.91. The van der Waals surface area contributed by atoms with E-state index < -0.39 is 0 Å². The largest absolute Gasteiger partial charge is 0.310 e. The molecule has 0 atom stereocenters. The van der Waals surface area contributed by atoms with Gasteiger partial charge in [-0.05, 0) is 36.2 Å². The van der Waals surface area contributed by atoms with Gasteiger partial charge in [-0.2, -0.15) is 0 Å². The second kappa shape index (κ2) is 6.18. The number of hydrogen-bond acceptors (Lipinski definition) is 2. The molecule has 2 aromatic rings. The lowest BCUT2D eigenvalue weighted by molar-refractivity contribution is 0.589. The molecule has 1 aromatic carbocycles. The molecule has 0 aliphatic carbocycles. The van der Waals surface area contributed by atoms with Gasteiger partial charge in [0.25, 0.3) is 0 Å². The highest BCUT2D eigenvalue weighted by Gasteiger charge is 2.07. The molecule has 0 radical (unpaired) electrons. The predicted molar refractivity (Wildman–Crippen MR) is 81.4 cm³/mol. The molecule has 0 saturated carbocycles. The summed E-state index contributed by atoms with van der Waals surface area (Å²) in [5.74, 6) is 0. The Kier molecular flexibility index (Phi) is 4.56. The first kappa shape index (κ1) is 14.0. The number of aromatic nitrogens is 1. The molecule has 0 bridgehead atoms. The maximum absolute atomic E-state index is 6.12. The number of aryl methyl sites for hydroxylation is 1. The van der Waals surface area contributed by atoms with Crippen LogP contribution in [-0.4, -0.2) is 11.0 Å². The van der Waals surface area contributed by atoms with E-state index in [0.717, 1.165) is 28.4 Å². The van der Waals surface area contributed by atoms with Crippen molar-refractivity contribution in [1.29, 1.82) is 0 Å². The third-order valence-corrected chi connectivity index (χ3v) is 3.23. The van der Waals surface area contributed by atoms with Crippen molar-refractivity contribution in [2.75, 3.05) is 0 Å². The van der Waals surface area contributed by atoms with Crippen molar-refractivity contribution in [3.63, 3.8) is 0 Å². The maximum atomic E-state index is 6.12. The van der Waals surface area contributed by atoms with Crippen LogP contribution in [0.1, 0.15) is 25.1 Å². The van der Waals surface area contributed by atoms with E-state index in [2.05, 4.69) is 36.3 Å². The summed E-state index contributed by atoms with van der Waals surface area (Å²) in [4.78, 5) is 4.36. The first-order chi connectivity index (χ1) is 9.06. The Balaban J connectivity index is 2.36. The van der Waals surface area contributed by atoms with Gasteiger partial charge in [0, 0.05) is 35.1 Å². The van der Waals surface area contributed by atoms with Gasteiger partial charge in [-0.15, -0.1) is 0 Å². The summed E-state index contributed by atoms with van der Waals surface area (Å²) < 4.78 is 0. The lowest BCUT2D eigenvalue weighted by Crippen LogP contribution is -2.22. The van der Waals surface area contributed by atoms with Crippen LogP contribution in [0.15, 0.2) is 36.5 Å². The van der Waals surface area contributed by atoms with Gasteiger partial charge in [0.15, 0.2) is 0 Å². The molecule has 1 aromatic heterocycles. The SMILES string of the molecule is Cc1ccc(-c2cc(Cl)ccc2CNC(C)C)cn1. The first-order valence-corrected chi connectivity index (χ1v) is 6.89. The zero-order chi connectivity index (χ0) is 13.8. The van der Waals surface area contributed by atoms with Crippen molar-refractivity contribution in [1.82, 2.24) is 10.3 Å². The van der Waals surface area contributed by atoms with Gasteiger partial charge >= 0.3 is 0 Å². The van der Waals surface area contributed by atoms with Gasteiger partial charge in [0.1, 0.15) is 0 Å². The van der Waals surface area contributed by atoms with E-state index in [1.807, 2.05) is 31.3 Å². The minimum atomic E-state index is 0.458. The smallest absolute Gasteiger partial charge is 0.0412 e. The Labute approximate surface area is 119 Å². The van der Waals surface area contributed by atoms with Gasteiger partial charge in [0.2, 0.25) is 0 Å². The lowest BCUT2D eigenvalue weighted by atomic mass is 10.0. The molecule has 3 heteroatoms.